The van der Waals surface area contributed by atoms with E-state index in [4.69, 9.17) is 19.4 Å². The van der Waals surface area contributed by atoms with Gasteiger partial charge >= 0.3 is 0 Å². The van der Waals surface area contributed by atoms with Gasteiger partial charge in [-0.15, -0.1) is 0 Å². The fourth-order valence-corrected chi connectivity index (χ4v) is 7.92. The lowest BCUT2D eigenvalue weighted by Crippen LogP contribution is -2.00. The Morgan fingerprint density at radius 2 is 0.750 bits per heavy atom. The standard InChI is InChI=1S/C51H32N4O/c1-4-13-33(14-5-1)49-52-50(34-15-6-2-7-16-34)54-51(53-49)39-25-28-44-43-27-24-38(31-47(43)56-48(44)32-39)36-18-12-17-35(29-36)37-23-26-42-41-21-10-11-22-45(41)55(46(42)30-37)40-19-8-3-9-20-40/h1-32H. The van der Waals surface area contributed by atoms with Crippen LogP contribution in [0.25, 0.3) is 106 Å². The maximum atomic E-state index is 6.58. The van der Waals surface area contributed by atoms with E-state index in [9.17, 15) is 0 Å². The minimum atomic E-state index is 0.597. The number of rotatable bonds is 6. The summed E-state index contributed by atoms with van der Waals surface area (Å²) in [4.78, 5) is 14.7. The molecule has 0 N–H and O–H groups in total. The van der Waals surface area contributed by atoms with Gasteiger partial charge in [-0.05, 0) is 76.9 Å². The first kappa shape index (κ1) is 31.9. The second kappa shape index (κ2) is 13.0. The Morgan fingerprint density at radius 1 is 0.304 bits per heavy atom. The van der Waals surface area contributed by atoms with Crippen LogP contribution in [0.3, 0.4) is 0 Å². The first-order chi connectivity index (χ1) is 27.7. The number of benzene rings is 8. The molecule has 11 rings (SSSR count). The van der Waals surface area contributed by atoms with Crippen molar-refractivity contribution in [3.63, 3.8) is 0 Å². The predicted octanol–water partition coefficient (Wildman–Crippen LogP) is 13.2. The van der Waals surface area contributed by atoms with Crippen molar-refractivity contribution < 1.29 is 4.42 Å². The zero-order valence-corrected chi connectivity index (χ0v) is 30.2. The van der Waals surface area contributed by atoms with E-state index in [0.717, 1.165) is 61.0 Å². The molecule has 0 amide bonds. The highest BCUT2D eigenvalue weighted by molar-refractivity contribution is 6.10. The van der Waals surface area contributed by atoms with E-state index in [2.05, 4.69) is 132 Å². The van der Waals surface area contributed by atoms with Crippen molar-refractivity contribution >= 4 is 43.7 Å². The third-order valence-electron chi connectivity index (χ3n) is 10.6. The quantitative estimate of drug-likeness (QED) is 0.172. The lowest BCUT2D eigenvalue weighted by atomic mass is 9.97. The van der Waals surface area contributed by atoms with Gasteiger partial charge in [0, 0.05) is 43.9 Å². The van der Waals surface area contributed by atoms with Crippen LogP contribution in [0.1, 0.15) is 0 Å². The average Bonchev–Trinajstić information content (AvgIpc) is 3.81. The summed E-state index contributed by atoms with van der Waals surface area (Å²) in [6, 6.07) is 67.6. The van der Waals surface area contributed by atoms with Gasteiger partial charge in [0.2, 0.25) is 0 Å². The van der Waals surface area contributed by atoms with Crippen LogP contribution in [-0.4, -0.2) is 19.5 Å². The maximum absolute atomic E-state index is 6.58. The second-order valence-electron chi connectivity index (χ2n) is 14.1. The molecule has 5 heteroatoms. The molecule has 0 aliphatic carbocycles. The van der Waals surface area contributed by atoms with Gasteiger partial charge in [-0.2, -0.15) is 0 Å². The van der Waals surface area contributed by atoms with E-state index >= 15 is 0 Å². The van der Waals surface area contributed by atoms with Crippen LogP contribution in [0.2, 0.25) is 0 Å². The van der Waals surface area contributed by atoms with E-state index in [1.54, 1.807) is 0 Å². The van der Waals surface area contributed by atoms with Crippen molar-refractivity contribution in [2.45, 2.75) is 0 Å². The topological polar surface area (TPSA) is 56.7 Å². The van der Waals surface area contributed by atoms with Crippen molar-refractivity contribution in [2.24, 2.45) is 0 Å². The summed E-state index contributed by atoms with van der Waals surface area (Å²) in [7, 11) is 0. The summed E-state index contributed by atoms with van der Waals surface area (Å²) in [6.07, 6.45) is 0. The van der Waals surface area contributed by atoms with E-state index in [1.807, 2.05) is 66.7 Å². The van der Waals surface area contributed by atoms with Crippen molar-refractivity contribution in [1.82, 2.24) is 19.5 Å². The summed E-state index contributed by atoms with van der Waals surface area (Å²) in [5.74, 6) is 1.86. The summed E-state index contributed by atoms with van der Waals surface area (Å²) < 4.78 is 8.94. The maximum Gasteiger partial charge on any atom is 0.164 e. The molecule has 3 heterocycles. The fraction of sp³-hybridized carbons (Fsp3) is 0. The molecule has 3 aromatic heterocycles. The van der Waals surface area contributed by atoms with Crippen molar-refractivity contribution in [3.8, 4) is 62.1 Å². The number of hydrogen-bond donors (Lipinski definition) is 0. The molecule has 0 aliphatic heterocycles. The fourth-order valence-electron chi connectivity index (χ4n) is 7.92. The molecular formula is C51H32N4O. The van der Waals surface area contributed by atoms with E-state index < -0.39 is 0 Å². The Hall–Kier alpha value is -7.63. The Balaban J connectivity index is 0.971. The molecule has 0 spiro atoms. The SMILES string of the molecule is c1ccc(-c2nc(-c3ccccc3)nc(-c3ccc4c(c3)oc3cc(-c5cccc(-c6ccc7c8ccccc8n(-c8ccccc8)c7c6)c5)ccc34)n2)cc1. The average molecular weight is 717 g/mol. The molecule has 11 aromatic rings. The Kier molecular flexibility index (Phi) is 7.42. The predicted molar refractivity (Wildman–Crippen MR) is 229 cm³/mol. The molecule has 0 aliphatic rings. The number of hydrogen-bond acceptors (Lipinski definition) is 4. The van der Waals surface area contributed by atoms with Crippen LogP contribution in [0.15, 0.2) is 199 Å². The van der Waals surface area contributed by atoms with Crippen LogP contribution >= 0.6 is 0 Å². The van der Waals surface area contributed by atoms with Crippen LogP contribution in [0, 0.1) is 0 Å². The minimum Gasteiger partial charge on any atom is -0.456 e. The summed E-state index contributed by atoms with van der Waals surface area (Å²) in [6.45, 7) is 0. The molecule has 0 bridgehead atoms. The minimum absolute atomic E-state index is 0.597. The molecule has 0 atom stereocenters. The van der Waals surface area contributed by atoms with Gasteiger partial charge in [0.05, 0.1) is 11.0 Å². The highest BCUT2D eigenvalue weighted by atomic mass is 16.3. The lowest BCUT2D eigenvalue weighted by Gasteiger charge is -2.10. The van der Waals surface area contributed by atoms with Crippen LogP contribution in [0.5, 0.6) is 0 Å². The highest BCUT2D eigenvalue weighted by Crippen LogP contribution is 2.38. The molecule has 5 nitrogen and oxygen atoms in total. The van der Waals surface area contributed by atoms with Crippen molar-refractivity contribution in [3.05, 3.63) is 194 Å². The first-order valence-corrected chi connectivity index (χ1v) is 18.8. The van der Waals surface area contributed by atoms with Crippen molar-refractivity contribution in [1.29, 1.82) is 0 Å². The molecule has 56 heavy (non-hydrogen) atoms. The number of nitrogens with zero attached hydrogens (tertiary/aromatic N) is 4. The third-order valence-corrected chi connectivity index (χ3v) is 10.6. The summed E-state index contributed by atoms with van der Waals surface area (Å²) in [5.41, 5.74) is 12.4. The van der Waals surface area contributed by atoms with Crippen molar-refractivity contribution in [2.75, 3.05) is 0 Å². The van der Waals surface area contributed by atoms with Gasteiger partial charge in [0.25, 0.3) is 0 Å². The monoisotopic (exact) mass is 716 g/mol. The highest BCUT2D eigenvalue weighted by Gasteiger charge is 2.16. The zero-order valence-electron chi connectivity index (χ0n) is 30.2. The number of fused-ring (bicyclic) bond motifs is 6. The number of para-hydroxylation sites is 2. The van der Waals surface area contributed by atoms with E-state index in [-0.39, 0.29) is 0 Å². The second-order valence-corrected chi connectivity index (χ2v) is 14.1. The molecule has 0 saturated carbocycles. The first-order valence-electron chi connectivity index (χ1n) is 18.8. The molecule has 0 saturated heterocycles. The number of furan rings is 1. The molecule has 0 radical (unpaired) electrons. The molecule has 0 unspecified atom stereocenters. The van der Waals surface area contributed by atoms with Gasteiger partial charge in [-0.3, -0.25) is 0 Å². The molecule has 262 valence electrons. The van der Waals surface area contributed by atoms with Gasteiger partial charge in [-0.1, -0.05) is 140 Å². The Bertz CT molecular complexity index is 3180. The van der Waals surface area contributed by atoms with Crippen LogP contribution < -0.4 is 0 Å². The third kappa shape index (κ3) is 5.45. The van der Waals surface area contributed by atoms with Gasteiger partial charge in [0.15, 0.2) is 17.5 Å². The van der Waals surface area contributed by atoms with Crippen LogP contribution in [0.4, 0.5) is 0 Å². The smallest absolute Gasteiger partial charge is 0.164 e. The number of aromatic nitrogens is 4. The summed E-state index contributed by atoms with van der Waals surface area (Å²) >= 11 is 0. The Labute approximate surface area is 322 Å². The normalized spacial score (nSPS) is 11.6. The Morgan fingerprint density at radius 3 is 1.39 bits per heavy atom. The molecule has 8 aromatic carbocycles. The zero-order chi connectivity index (χ0) is 37.0. The molecule has 0 fully saturated rings. The van der Waals surface area contributed by atoms with Gasteiger partial charge in [0.1, 0.15) is 11.2 Å². The summed E-state index contributed by atoms with van der Waals surface area (Å²) in [5, 5.41) is 4.61. The van der Waals surface area contributed by atoms with Crippen LogP contribution in [-0.2, 0) is 0 Å². The van der Waals surface area contributed by atoms with Gasteiger partial charge < -0.3 is 8.98 Å². The lowest BCUT2D eigenvalue weighted by molar-refractivity contribution is 0.669. The largest absolute Gasteiger partial charge is 0.456 e. The van der Waals surface area contributed by atoms with E-state index in [1.165, 1.54) is 27.4 Å². The molecular weight excluding hydrogens is 685 g/mol. The van der Waals surface area contributed by atoms with E-state index in [0.29, 0.717) is 17.5 Å². The van der Waals surface area contributed by atoms with Gasteiger partial charge in [-0.25, -0.2) is 15.0 Å².